The number of aromatic amines is 1. The third kappa shape index (κ3) is 3.96. The van der Waals surface area contributed by atoms with Crippen LogP contribution in [0.1, 0.15) is 5.56 Å². The van der Waals surface area contributed by atoms with Gasteiger partial charge in [-0.15, -0.1) is 0 Å². The fourth-order valence-electron chi connectivity index (χ4n) is 2.51. The van der Waals surface area contributed by atoms with Crippen molar-refractivity contribution >= 4 is 30.0 Å². The van der Waals surface area contributed by atoms with Gasteiger partial charge in [-0.25, -0.2) is 5.10 Å². The van der Waals surface area contributed by atoms with E-state index in [-0.39, 0.29) is 0 Å². The van der Waals surface area contributed by atoms with Crippen molar-refractivity contribution in [2.75, 3.05) is 21.3 Å². The van der Waals surface area contributed by atoms with Gasteiger partial charge in [-0.3, -0.25) is 0 Å². The Labute approximate surface area is 166 Å². The quantitative estimate of drug-likeness (QED) is 0.493. The molecular formula is C18H17ClN4O3S. The van der Waals surface area contributed by atoms with E-state index in [0.29, 0.717) is 32.9 Å². The minimum atomic E-state index is 0.355. The molecule has 1 aromatic heterocycles. The van der Waals surface area contributed by atoms with Crippen molar-refractivity contribution in [1.82, 2.24) is 14.9 Å². The second-order valence-electron chi connectivity index (χ2n) is 5.38. The van der Waals surface area contributed by atoms with Gasteiger partial charge in [0.2, 0.25) is 10.5 Å². The molecule has 9 heteroatoms. The topological polar surface area (TPSA) is 73.7 Å². The molecule has 0 amide bonds. The summed E-state index contributed by atoms with van der Waals surface area (Å²) in [4.78, 5) is 0. The molecule has 1 N–H and O–H groups in total. The highest BCUT2D eigenvalue weighted by Crippen LogP contribution is 2.37. The fourth-order valence-corrected chi connectivity index (χ4v) is 2.88. The molecule has 2 aromatic carbocycles. The van der Waals surface area contributed by atoms with Gasteiger partial charge in [0.25, 0.3) is 0 Å². The molecule has 140 valence electrons. The van der Waals surface area contributed by atoms with E-state index in [1.54, 1.807) is 51.8 Å². The molecule has 0 aliphatic carbocycles. The second kappa shape index (κ2) is 8.24. The zero-order valence-corrected chi connectivity index (χ0v) is 16.5. The maximum atomic E-state index is 6.07. The lowest BCUT2D eigenvalue weighted by molar-refractivity contribution is 0.324. The summed E-state index contributed by atoms with van der Waals surface area (Å²) in [5.74, 6) is 2.12. The average Bonchev–Trinajstić information content (AvgIpc) is 3.05. The van der Waals surface area contributed by atoms with E-state index in [4.69, 9.17) is 38.0 Å². The van der Waals surface area contributed by atoms with Crippen molar-refractivity contribution in [3.05, 3.63) is 51.8 Å². The first-order chi connectivity index (χ1) is 13.1. The Kier molecular flexibility index (Phi) is 5.78. The molecule has 3 aromatic rings. The Morgan fingerprint density at radius 1 is 1.11 bits per heavy atom. The number of halogens is 1. The first-order valence-electron chi connectivity index (χ1n) is 7.85. The van der Waals surface area contributed by atoms with Gasteiger partial charge in [-0.2, -0.15) is 14.9 Å². The molecule has 7 nitrogen and oxygen atoms in total. The number of hydrogen-bond donors (Lipinski definition) is 1. The molecule has 0 atom stereocenters. The Bertz CT molecular complexity index is 1020. The Balaban J connectivity index is 2.03. The third-order valence-electron chi connectivity index (χ3n) is 3.74. The van der Waals surface area contributed by atoms with Crippen LogP contribution in [0.5, 0.6) is 17.2 Å². The van der Waals surface area contributed by atoms with Crippen molar-refractivity contribution in [3.63, 3.8) is 0 Å². The van der Waals surface area contributed by atoms with Crippen molar-refractivity contribution in [3.8, 4) is 28.6 Å². The normalized spacial score (nSPS) is 11.0. The van der Waals surface area contributed by atoms with Crippen molar-refractivity contribution in [1.29, 1.82) is 0 Å². The molecule has 0 spiro atoms. The zero-order valence-electron chi connectivity index (χ0n) is 14.9. The molecule has 0 saturated carbocycles. The number of benzene rings is 2. The molecule has 0 fully saturated rings. The largest absolute Gasteiger partial charge is 0.493 e. The van der Waals surface area contributed by atoms with Gasteiger partial charge in [0.15, 0.2) is 17.3 Å². The Morgan fingerprint density at radius 3 is 2.41 bits per heavy atom. The van der Waals surface area contributed by atoms with Crippen LogP contribution < -0.4 is 14.2 Å². The van der Waals surface area contributed by atoms with Crippen molar-refractivity contribution < 1.29 is 14.2 Å². The molecule has 0 saturated heterocycles. The van der Waals surface area contributed by atoms with Gasteiger partial charge < -0.3 is 14.2 Å². The molecule has 0 radical (unpaired) electrons. The number of aromatic nitrogens is 3. The third-order valence-corrected chi connectivity index (χ3v) is 4.24. The van der Waals surface area contributed by atoms with Crippen molar-refractivity contribution in [2.45, 2.75) is 0 Å². The lowest BCUT2D eigenvalue weighted by Gasteiger charge is -2.12. The molecule has 3 rings (SSSR count). The number of ether oxygens (including phenoxy) is 3. The SMILES string of the molecule is COc1cc(/C=N\n2c(-c3cccc(Cl)c3)n[nH]c2=S)cc(OC)c1OC. The highest BCUT2D eigenvalue weighted by atomic mass is 35.5. The predicted octanol–water partition coefficient (Wildman–Crippen LogP) is 4.17. The monoisotopic (exact) mass is 404 g/mol. The van der Waals surface area contributed by atoms with Crippen LogP contribution >= 0.6 is 23.8 Å². The summed E-state index contributed by atoms with van der Waals surface area (Å²) in [6.45, 7) is 0. The van der Waals surface area contributed by atoms with E-state index in [1.165, 1.54) is 4.68 Å². The molecule has 0 bridgehead atoms. The standard InChI is InChI=1S/C18H17ClN4O3S/c1-24-14-7-11(8-15(25-2)16(14)26-3)10-20-23-17(21-22-18(23)27)12-5-4-6-13(19)9-12/h4-10H,1-3H3,(H,22,27)/b20-10-. The highest BCUT2D eigenvalue weighted by Gasteiger charge is 2.13. The van der Waals surface area contributed by atoms with Crippen LogP contribution in [0.15, 0.2) is 41.5 Å². The number of hydrogen-bond acceptors (Lipinski definition) is 6. The van der Waals surface area contributed by atoms with E-state index in [0.717, 1.165) is 11.1 Å². The summed E-state index contributed by atoms with van der Waals surface area (Å²) in [6.07, 6.45) is 1.63. The van der Waals surface area contributed by atoms with Crippen LogP contribution in [-0.2, 0) is 0 Å². The molecular weight excluding hydrogens is 388 g/mol. The lowest BCUT2D eigenvalue weighted by atomic mass is 10.2. The number of nitrogens with zero attached hydrogens (tertiary/aromatic N) is 3. The van der Waals surface area contributed by atoms with Gasteiger partial charge in [0, 0.05) is 16.1 Å². The molecule has 27 heavy (non-hydrogen) atoms. The highest BCUT2D eigenvalue weighted by molar-refractivity contribution is 7.71. The molecule has 0 aliphatic heterocycles. The van der Waals surface area contributed by atoms with Gasteiger partial charge in [0.05, 0.1) is 27.5 Å². The molecule has 0 aliphatic rings. The maximum absolute atomic E-state index is 6.07. The summed E-state index contributed by atoms with van der Waals surface area (Å²) < 4.78 is 17.9. The molecule has 0 unspecified atom stereocenters. The minimum absolute atomic E-state index is 0.355. The second-order valence-corrected chi connectivity index (χ2v) is 6.20. The smallest absolute Gasteiger partial charge is 0.216 e. The average molecular weight is 405 g/mol. The first-order valence-corrected chi connectivity index (χ1v) is 8.63. The van der Waals surface area contributed by atoms with Crippen LogP contribution in [-0.4, -0.2) is 42.4 Å². The van der Waals surface area contributed by atoms with Gasteiger partial charge >= 0.3 is 0 Å². The van der Waals surface area contributed by atoms with Crippen LogP contribution in [0.25, 0.3) is 11.4 Å². The first kappa shape index (κ1) is 18.9. The van der Waals surface area contributed by atoms with E-state index >= 15 is 0 Å². The van der Waals surface area contributed by atoms with Crippen LogP contribution in [0.3, 0.4) is 0 Å². The lowest BCUT2D eigenvalue weighted by Crippen LogP contribution is -1.98. The summed E-state index contributed by atoms with van der Waals surface area (Å²) >= 11 is 11.4. The van der Waals surface area contributed by atoms with E-state index in [2.05, 4.69) is 15.3 Å². The summed E-state index contributed by atoms with van der Waals surface area (Å²) in [6, 6.07) is 10.9. The maximum Gasteiger partial charge on any atom is 0.216 e. The zero-order chi connectivity index (χ0) is 19.4. The van der Waals surface area contributed by atoms with Gasteiger partial charge in [-0.1, -0.05) is 23.7 Å². The van der Waals surface area contributed by atoms with Gasteiger partial charge in [-0.05, 0) is 36.5 Å². The Morgan fingerprint density at radius 2 is 1.81 bits per heavy atom. The predicted molar refractivity (Wildman–Crippen MR) is 107 cm³/mol. The van der Waals surface area contributed by atoms with E-state index < -0.39 is 0 Å². The van der Waals surface area contributed by atoms with E-state index in [1.807, 2.05) is 12.1 Å². The van der Waals surface area contributed by atoms with Crippen molar-refractivity contribution in [2.24, 2.45) is 5.10 Å². The Hall–Kier alpha value is -2.84. The summed E-state index contributed by atoms with van der Waals surface area (Å²) in [5.41, 5.74) is 1.53. The number of H-pyrrole nitrogens is 1. The number of methoxy groups -OCH3 is 3. The van der Waals surface area contributed by atoms with E-state index in [9.17, 15) is 0 Å². The number of nitrogens with one attached hydrogen (secondary N) is 1. The van der Waals surface area contributed by atoms with Crippen LogP contribution in [0.2, 0.25) is 5.02 Å². The van der Waals surface area contributed by atoms with Crippen LogP contribution in [0, 0.1) is 4.77 Å². The molecule has 1 heterocycles. The summed E-state index contributed by atoms with van der Waals surface area (Å²) in [7, 11) is 4.67. The van der Waals surface area contributed by atoms with Crippen LogP contribution in [0.4, 0.5) is 0 Å². The minimum Gasteiger partial charge on any atom is -0.493 e. The summed E-state index contributed by atoms with van der Waals surface area (Å²) in [5, 5.41) is 12.0. The van der Waals surface area contributed by atoms with Gasteiger partial charge in [0.1, 0.15) is 0 Å². The number of rotatable bonds is 6. The fraction of sp³-hybridized carbons (Fsp3) is 0.167.